The largest absolute Gasteiger partial charge is 0.300 e. The van der Waals surface area contributed by atoms with E-state index in [2.05, 4.69) is 44.3 Å². The molecule has 24 heavy (non-hydrogen) atoms. The number of nitrogens with one attached hydrogen (secondary N) is 1. The summed E-state index contributed by atoms with van der Waals surface area (Å²) in [7, 11) is 0. The quantitative estimate of drug-likeness (QED) is 0.311. The zero-order valence-corrected chi connectivity index (χ0v) is 16.0. The van der Waals surface area contributed by atoms with Gasteiger partial charge in [0.15, 0.2) is 0 Å². The van der Waals surface area contributed by atoms with Crippen molar-refractivity contribution in [3.63, 3.8) is 0 Å². The zero-order valence-electron chi connectivity index (χ0n) is 15.1. The third-order valence-corrected chi connectivity index (χ3v) is 4.16. The van der Waals surface area contributed by atoms with Crippen LogP contribution in [0.3, 0.4) is 0 Å². The van der Waals surface area contributed by atoms with Crippen LogP contribution < -0.4 is 0 Å². The van der Waals surface area contributed by atoms with E-state index in [4.69, 9.17) is 5.41 Å². The van der Waals surface area contributed by atoms with Gasteiger partial charge < -0.3 is 5.41 Å². The highest BCUT2D eigenvalue weighted by molar-refractivity contribution is 7.83. The molecule has 1 nitrogen and oxygen atoms in total. The van der Waals surface area contributed by atoms with Crippen LogP contribution in [0.2, 0.25) is 0 Å². The summed E-state index contributed by atoms with van der Waals surface area (Å²) in [6.45, 7) is 12.2. The van der Waals surface area contributed by atoms with Crippen molar-refractivity contribution in [2.45, 2.75) is 34.1 Å². The summed E-state index contributed by atoms with van der Waals surface area (Å²) in [5.74, 6) is 0. The first kappa shape index (κ1) is 20.0. The topological polar surface area (TPSA) is 23.9 Å². The van der Waals surface area contributed by atoms with Crippen molar-refractivity contribution in [1.29, 1.82) is 5.41 Å². The van der Waals surface area contributed by atoms with Crippen LogP contribution in [-0.4, -0.2) is 5.71 Å². The third-order valence-electron chi connectivity index (χ3n) is 4.01. The van der Waals surface area contributed by atoms with Gasteiger partial charge in [-0.2, -0.15) is 12.6 Å². The highest BCUT2D eigenvalue weighted by Gasteiger charge is 2.05. The van der Waals surface area contributed by atoms with E-state index in [0.29, 0.717) is 12.1 Å². The van der Waals surface area contributed by atoms with E-state index < -0.39 is 0 Å². The van der Waals surface area contributed by atoms with Crippen LogP contribution in [0.5, 0.6) is 0 Å². The van der Waals surface area contributed by atoms with Crippen LogP contribution in [0, 0.1) is 5.41 Å². The van der Waals surface area contributed by atoms with Gasteiger partial charge in [-0.1, -0.05) is 55.1 Å². The first-order valence-corrected chi connectivity index (χ1v) is 8.54. The van der Waals surface area contributed by atoms with Gasteiger partial charge in [0.05, 0.1) is 5.71 Å². The van der Waals surface area contributed by atoms with E-state index in [1.54, 1.807) is 5.41 Å². The lowest BCUT2D eigenvalue weighted by atomic mass is 9.97. The average Bonchev–Trinajstić information content (AvgIpc) is 2.59. The molecule has 1 rings (SSSR count). The minimum Gasteiger partial charge on any atom is -0.300 e. The van der Waals surface area contributed by atoms with Gasteiger partial charge in [-0.25, -0.2) is 0 Å². The molecule has 0 spiro atoms. The van der Waals surface area contributed by atoms with Crippen LogP contribution in [-0.2, 0) is 0 Å². The smallest absolute Gasteiger partial charge is 0.0598 e. The second-order valence-corrected chi connectivity index (χ2v) is 6.24. The minimum atomic E-state index is 0.508. The molecule has 0 saturated heterocycles. The molecule has 2 heteroatoms. The Kier molecular flexibility index (Phi) is 8.28. The molecule has 1 aromatic rings. The van der Waals surface area contributed by atoms with E-state index in [1.165, 1.54) is 11.1 Å². The van der Waals surface area contributed by atoms with Crippen molar-refractivity contribution in [3.05, 3.63) is 88.4 Å². The minimum absolute atomic E-state index is 0.508. The lowest BCUT2D eigenvalue weighted by Crippen LogP contribution is -2.02. The fourth-order valence-corrected chi connectivity index (χ4v) is 2.45. The van der Waals surface area contributed by atoms with Crippen LogP contribution in [0.4, 0.5) is 0 Å². The summed E-state index contributed by atoms with van der Waals surface area (Å²) in [5.41, 5.74) is 6.95. The van der Waals surface area contributed by atoms with Crippen molar-refractivity contribution in [3.8, 4) is 0 Å². The number of hydrogen-bond donors (Lipinski definition) is 2. The van der Waals surface area contributed by atoms with Gasteiger partial charge in [0.25, 0.3) is 0 Å². The Balaban J connectivity index is 2.81. The number of thiol groups is 1. The molecule has 0 unspecified atom stereocenters. The summed E-state index contributed by atoms with van der Waals surface area (Å²) in [4.78, 5) is 0. The maximum absolute atomic E-state index is 8.33. The molecule has 1 N–H and O–H groups in total. The Morgan fingerprint density at radius 3 is 2.29 bits per heavy atom. The number of rotatable bonds is 7. The predicted molar refractivity (Wildman–Crippen MR) is 112 cm³/mol. The van der Waals surface area contributed by atoms with Crippen molar-refractivity contribution in [1.82, 2.24) is 0 Å². The lowest BCUT2D eigenvalue weighted by molar-refractivity contribution is 1.27. The van der Waals surface area contributed by atoms with Crippen LogP contribution >= 0.6 is 12.6 Å². The molecule has 0 amide bonds. The van der Waals surface area contributed by atoms with Gasteiger partial charge in [0.1, 0.15) is 0 Å². The highest BCUT2D eigenvalue weighted by atomic mass is 32.1. The Labute approximate surface area is 152 Å². The Hall–Kier alpha value is -2.06. The van der Waals surface area contributed by atoms with Gasteiger partial charge >= 0.3 is 0 Å². The van der Waals surface area contributed by atoms with E-state index in [0.717, 1.165) is 22.3 Å². The molecule has 0 aliphatic carbocycles. The molecule has 0 saturated carbocycles. The summed E-state index contributed by atoms with van der Waals surface area (Å²) < 4.78 is 0. The molecule has 0 aromatic heterocycles. The zero-order chi connectivity index (χ0) is 18.1. The Morgan fingerprint density at radius 2 is 1.71 bits per heavy atom. The molecular weight excluding hydrogens is 310 g/mol. The van der Waals surface area contributed by atoms with Crippen LogP contribution in [0.1, 0.15) is 39.7 Å². The second-order valence-electron chi connectivity index (χ2n) is 5.94. The van der Waals surface area contributed by atoms with Crippen molar-refractivity contribution < 1.29 is 0 Å². The molecule has 0 aliphatic heterocycles. The average molecular weight is 338 g/mol. The summed E-state index contributed by atoms with van der Waals surface area (Å²) in [5, 5.41) is 10.1. The Morgan fingerprint density at radius 1 is 1.08 bits per heavy atom. The second kappa shape index (κ2) is 9.94. The molecule has 0 radical (unpaired) electrons. The number of hydrogen-bond acceptors (Lipinski definition) is 2. The van der Waals surface area contributed by atoms with Crippen molar-refractivity contribution >= 4 is 23.9 Å². The highest BCUT2D eigenvalue weighted by Crippen LogP contribution is 2.18. The first-order valence-electron chi connectivity index (χ1n) is 8.02. The van der Waals surface area contributed by atoms with Gasteiger partial charge in [-0.05, 0) is 73.0 Å². The molecule has 0 bridgehead atoms. The third kappa shape index (κ3) is 6.21. The number of benzene rings is 1. The predicted octanol–water partition coefficient (Wildman–Crippen LogP) is 6.78. The normalized spacial score (nSPS) is 13.9. The summed E-state index contributed by atoms with van der Waals surface area (Å²) in [6.07, 6.45) is 6.80. The number of allylic oxidation sites excluding steroid dienone is 8. The van der Waals surface area contributed by atoms with Gasteiger partial charge in [0, 0.05) is 0 Å². The van der Waals surface area contributed by atoms with Gasteiger partial charge in [-0.15, -0.1) is 0 Å². The Bertz CT molecular complexity index is 716. The molecule has 126 valence electrons. The fourth-order valence-electron chi connectivity index (χ4n) is 2.23. The fraction of sp³-hybridized carbons (Fsp3) is 0.227. The van der Waals surface area contributed by atoms with E-state index >= 15 is 0 Å². The summed E-state index contributed by atoms with van der Waals surface area (Å²) in [6, 6.07) is 10.3. The van der Waals surface area contributed by atoms with Crippen molar-refractivity contribution in [2.24, 2.45) is 0 Å². The summed E-state index contributed by atoms with van der Waals surface area (Å²) >= 11 is 4.10. The van der Waals surface area contributed by atoms with E-state index in [-0.39, 0.29) is 0 Å². The van der Waals surface area contributed by atoms with Gasteiger partial charge in [0.2, 0.25) is 0 Å². The molecule has 1 aromatic carbocycles. The van der Waals surface area contributed by atoms with E-state index in [1.807, 2.05) is 51.1 Å². The van der Waals surface area contributed by atoms with Crippen molar-refractivity contribution in [2.75, 3.05) is 0 Å². The maximum Gasteiger partial charge on any atom is 0.0598 e. The first-order chi connectivity index (χ1) is 11.4. The SMILES string of the molecule is C=C(C/C=C(\C)c1ccccc1)C(=N)/C(C)=C/C(C)=C(C)/C=C\S. The molecule has 0 aliphatic rings. The monoisotopic (exact) mass is 337 g/mol. The molecule has 0 atom stereocenters. The maximum atomic E-state index is 8.33. The molecular formula is C22H27NS. The van der Waals surface area contributed by atoms with Gasteiger partial charge in [-0.3, -0.25) is 0 Å². The molecule has 0 heterocycles. The van der Waals surface area contributed by atoms with Crippen LogP contribution in [0.25, 0.3) is 5.57 Å². The lowest BCUT2D eigenvalue weighted by Gasteiger charge is -2.08. The molecule has 0 fully saturated rings. The standard InChI is InChI=1S/C22H27NS/c1-16(13-14-24)19(4)15-20(5)22(23)18(3)12-11-17(2)21-9-7-6-8-10-21/h6-11,13-15,23-24H,3,12H2,1-2,4-5H3/b14-13-,17-11+,19-16+,20-15+,23-22?. The van der Waals surface area contributed by atoms with E-state index in [9.17, 15) is 0 Å². The van der Waals surface area contributed by atoms with Crippen LogP contribution in [0.15, 0.2) is 82.8 Å².